The minimum absolute atomic E-state index is 0.280. The average Bonchev–Trinajstić information content (AvgIpc) is 2.99. The number of rotatable bonds is 4. The zero-order valence-electron chi connectivity index (χ0n) is 10.4. The highest BCUT2D eigenvalue weighted by Crippen LogP contribution is 2.15. The van der Waals surface area contributed by atoms with Crippen molar-refractivity contribution in [3.05, 3.63) is 0 Å². The molecule has 0 bridgehead atoms. The Labute approximate surface area is 108 Å². The maximum atomic E-state index is 5.62. The second kappa shape index (κ2) is 6.52. The molecule has 0 aliphatic carbocycles. The van der Waals surface area contributed by atoms with Crippen LogP contribution in [0.2, 0.25) is 0 Å². The number of ether oxygens (including phenoxy) is 2. The molecule has 98 valence electrons. The lowest BCUT2D eigenvalue weighted by Gasteiger charge is -2.22. The van der Waals surface area contributed by atoms with E-state index in [0.29, 0.717) is 17.3 Å². The quantitative estimate of drug-likeness (QED) is 0.742. The van der Waals surface area contributed by atoms with E-state index < -0.39 is 0 Å². The molecule has 0 spiro atoms. The predicted molar refractivity (Wildman–Crippen MR) is 71.1 cm³/mol. The summed E-state index contributed by atoms with van der Waals surface area (Å²) in [5.41, 5.74) is 0. The van der Waals surface area contributed by atoms with Crippen molar-refractivity contribution in [3.8, 4) is 0 Å². The molecule has 0 aromatic heterocycles. The van der Waals surface area contributed by atoms with E-state index in [9.17, 15) is 0 Å². The summed E-state index contributed by atoms with van der Waals surface area (Å²) in [4.78, 5) is 0. The van der Waals surface area contributed by atoms with Gasteiger partial charge in [-0.3, -0.25) is 0 Å². The molecule has 5 heteroatoms. The molecular weight excluding hydrogens is 236 g/mol. The van der Waals surface area contributed by atoms with Crippen molar-refractivity contribution >= 4 is 17.3 Å². The van der Waals surface area contributed by atoms with Crippen LogP contribution in [-0.2, 0) is 9.47 Å². The SMILES string of the molecule is C[C@H](NC(=S)NC[C@@H]1CCCO1)[C@H]1CCCO1. The Morgan fingerprint density at radius 3 is 2.71 bits per heavy atom. The van der Waals surface area contributed by atoms with E-state index >= 15 is 0 Å². The first-order chi connectivity index (χ1) is 8.25. The van der Waals surface area contributed by atoms with Gasteiger partial charge in [0.2, 0.25) is 0 Å². The molecule has 0 unspecified atom stereocenters. The highest BCUT2D eigenvalue weighted by atomic mass is 32.1. The highest BCUT2D eigenvalue weighted by molar-refractivity contribution is 7.80. The molecule has 0 radical (unpaired) electrons. The van der Waals surface area contributed by atoms with Gasteiger partial charge in [-0.15, -0.1) is 0 Å². The van der Waals surface area contributed by atoms with Crippen molar-refractivity contribution < 1.29 is 9.47 Å². The summed E-state index contributed by atoms with van der Waals surface area (Å²) in [5, 5.41) is 7.22. The van der Waals surface area contributed by atoms with Crippen molar-refractivity contribution in [3.63, 3.8) is 0 Å². The van der Waals surface area contributed by atoms with Crippen LogP contribution in [0.15, 0.2) is 0 Å². The van der Waals surface area contributed by atoms with Gasteiger partial charge in [0.05, 0.1) is 18.2 Å². The molecular formula is C12H22N2O2S. The molecule has 4 nitrogen and oxygen atoms in total. The third-order valence-electron chi connectivity index (χ3n) is 3.40. The molecule has 0 amide bonds. The molecule has 2 saturated heterocycles. The van der Waals surface area contributed by atoms with Crippen molar-refractivity contribution in [2.45, 2.75) is 50.9 Å². The zero-order valence-corrected chi connectivity index (χ0v) is 11.2. The molecule has 2 N–H and O–H groups in total. The van der Waals surface area contributed by atoms with Crippen molar-refractivity contribution in [2.24, 2.45) is 0 Å². The third-order valence-corrected chi connectivity index (χ3v) is 3.66. The van der Waals surface area contributed by atoms with Gasteiger partial charge in [0.25, 0.3) is 0 Å². The molecule has 17 heavy (non-hydrogen) atoms. The Morgan fingerprint density at radius 1 is 1.29 bits per heavy atom. The second-order valence-electron chi connectivity index (χ2n) is 4.83. The topological polar surface area (TPSA) is 42.5 Å². The maximum absolute atomic E-state index is 5.62. The Bertz CT molecular complexity index is 251. The molecule has 2 aliphatic rings. The van der Waals surface area contributed by atoms with Crippen LogP contribution < -0.4 is 10.6 Å². The minimum atomic E-state index is 0.280. The minimum Gasteiger partial charge on any atom is -0.376 e. The Morgan fingerprint density at radius 2 is 2.06 bits per heavy atom. The number of thiocarbonyl (C=S) groups is 1. The van der Waals surface area contributed by atoms with Crippen LogP contribution in [0.3, 0.4) is 0 Å². The Kier molecular flexibility index (Phi) is 5.00. The van der Waals surface area contributed by atoms with Gasteiger partial charge in [-0.1, -0.05) is 0 Å². The molecule has 0 aromatic rings. The van der Waals surface area contributed by atoms with E-state index in [-0.39, 0.29) is 6.04 Å². The molecule has 2 aliphatic heterocycles. The van der Waals surface area contributed by atoms with Gasteiger partial charge in [0.1, 0.15) is 0 Å². The molecule has 3 atom stereocenters. The lowest BCUT2D eigenvalue weighted by Crippen LogP contribution is -2.47. The zero-order chi connectivity index (χ0) is 12.1. The van der Waals surface area contributed by atoms with Crippen LogP contribution in [0.4, 0.5) is 0 Å². The largest absolute Gasteiger partial charge is 0.376 e. The second-order valence-corrected chi connectivity index (χ2v) is 5.24. The van der Waals surface area contributed by atoms with E-state index in [1.54, 1.807) is 0 Å². The summed E-state index contributed by atoms with van der Waals surface area (Å²) in [6, 6.07) is 0.280. The Hall–Kier alpha value is -0.390. The maximum Gasteiger partial charge on any atom is 0.166 e. The van der Waals surface area contributed by atoms with Crippen LogP contribution in [0, 0.1) is 0 Å². The summed E-state index contributed by atoms with van der Waals surface area (Å²) in [6.45, 7) is 4.70. The molecule has 2 rings (SSSR count). The first kappa shape index (κ1) is 13.1. The van der Waals surface area contributed by atoms with Gasteiger partial charge < -0.3 is 20.1 Å². The normalized spacial score (nSPS) is 30.2. The van der Waals surface area contributed by atoms with Crippen LogP contribution in [0.5, 0.6) is 0 Å². The lowest BCUT2D eigenvalue weighted by molar-refractivity contribution is 0.0889. The van der Waals surface area contributed by atoms with Gasteiger partial charge in [0, 0.05) is 19.8 Å². The van der Waals surface area contributed by atoms with E-state index in [2.05, 4.69) is 17.6 Å². The van der Waals surface area contributed by atoms with Crippen LogP contribution in [0.1, 0.15) is 32.6 Å². The van der Waals surface area contributed by atoms with E-state index in [0.717, 1.165) is 39.0 Å². The summed E-state index contributed by atoms with van der Waals surface area (Å²) in [6.07, 6.45) is 5.22. The Balaban J connectivity index is 1.62. The smallest absolute Gasteiger partial charge is 0.166 e. The van der Waals surface area contributed by atoms with Crippen molar-refractivity contribution in [1.82, 2.24) is 10.6 Å². The van der Waals surface area contributed by atoms with Gasteiger partial charge in [-0.2, -0.15) is 0 Å². The molecule has 0 saturated carbocycles. The van der Waals surface area contributed by atoms with E-state index in [1.165, 1.54) is 6.42 Å². The highest BCUT2D eigenvalue weighted by Gasteiger charge is 2.23. The summed E-state index contributed by atoms with van der Waals surface area (Å²) >= 11 is 5.27. The number of hydrogen-bond donors (Lipinski definition) is 2. The van der Waals surface area contributed by atoms with Gasteiger partial charge in [-0.25, -0.2) is 0 Å². The number of nitrogens with one attached hydrogen (secondary N) is 2. The van der Waals surface area contributed by atoms with Gasteiger partial charge >= 0.3 is 0 Å². The fourth-order valence-corrected chi connectivity index (χ4v) is 2.63. The first-order valence-electron chi connectivity index (χ1n) is 6.53. The third kappa shape index (κ3) is 4.08. The van der Waals surface area contributed by atoms with E-state index in [1.807, 2.05) is 0 Å². The lowest BCUT2D eigenvalue weighted by atomic mass is 10.1. The van der Waals surface area contributed by atoms with Crippen LogP contribution in [0.25, 0.3) is 0 Å². The standard InChI is InChI=1S/C12H22N2O2S/c1-9(11-5-3-7-16-11)14-12(17)13-8-10-4-2-6-15-10/h9-11H,2-8H2,1H3,(H2,13,14,17)/t9-,10-,11+/m0/s1. The summed E-state index contributed by atoms with van der Waals surface area (Å²) in [5.74, 6) is 0. The van der Waals surface area contributed by atoms with E-state index in [4.69, 9.17) is 21.7 Å². The van der Waals surface area contributed by atoms with Gasteiger partial charge in [0.15, 0.2) is 5.11 Å². The van der Waals surface area contributed by atoms with Crippen molar-refractivity contribution in [2.75, 3.05) is 19.8 Å². The van der Waals surface area contributed by atoms with Crippen molar-refractivity contribution in [1.29, 1.82) is 0 Å². The average molecular weight is 258 g/mol. The molecule has 2 heterocycles. The monoisotopic (exact) mass is 258 g/mol. The number of hydrogen-bond acceptors (Lipinski definition) is 3. The first-order valence-corrected chi connectivity index (χ1v) is 6.94. The van der Waals surface area contributed by atoms with Gasteiger partial charge in [-0.05, 0) is 44.8 Å². The summed E-state index contributed by atoms with van der Waals surface area (Å²) < 4.78 is 11.2. The predicted octanol–water partition coefficient (Wildman–Crippen LogP) is 1.20. The van der Waals surface area contributed by atoms with Crippen LogP contribution >= 0.6 is 12.2 Å². The fraction of sp³-hybridized carbons (Fsp3) is 0.917. The molecule has 0 aromatic carbocycles. The molecule has 2 fully saturated rings. The van der Waals surface area contributed by atoms with Crippen LogP contribution in [-0.4, -0.2) is 43.1 Å². The summed E-state index contributed by atoms with van der Waals surface area (Å²) in [7, 11) is 0. The fourth-order valence-electron chi connectivity index (χ4n) is 2.36.